The summed E-state index contributed by atoms with van der Waals surface area (Å²) < 4.78 is 31.8. The Morgan fingerprint density at radius 3 is 2.48 bits per heavy atom. The summed E-state index contributed by atoms with van der Waals surface area (Å²) >= 11 is 0. The number of para-hydroxylation sites is 1. The van der Waals surface area contributed by atoms with Crippen molar-refractivity contribution in [1.29, 1.82) is 0 Å². The lowest BCUT2D eigenvalue weighted by Gasteiger charge is -2.19. The Labute approximate surface area is 168 Å². The maximum absolute atomic E-state index is 12.9. The third-order valence-corrected chi connectivity index (χ3v) is 6.33. The Bertz CT molecular complexity index is 1040. The number of likely N-dealkylation sites (tertiary alicyclic amines) is 1. The highest BCUT2D eigenvalue weighted by Gasteiger charge is 2.27. The first-order valence-electron chi connectivity index (χ1n) is 8.95. The quantitative estimate of drug-likeness (QED) is 0.666. The number of esters is 1. The highest BCUT2D eigenvalue weighted by atomic mass is 32.2. The fourth-order valence-corrected chi connectivity index (χ4v) is 4.16. The van der Waals surface area contributed by atoms with Gasteiger partial charge < -0.3 is 4.74 Å². The van der Waals surface area contributed by atoms with Crippen molar-refractivity contribution in [2.75, 3.05) is 24.5 Å². The van der Waals surface area contributed by atoms with Crippen molar-refractivity contribution >= 4 is 33.5 Å². The van der Waals surface area contributed by atoms with Crippen LogP contribution in [-0.4, -0.2) is 51.3 Å². The van der Waals surface area contributed by atoms with E-state index in [2.05, 4.69) is 0 Å². The highest BCUT2D eigenvalue weighted by Crippen LogP contribution is 2.22. The fraction of sp³-hybridized carbons (Fsp3) is 0.250. The molecule has 0 radical (unpaired) electrons. The standard InChI is InChI=1S/C20H20N2O6S/c1-21(16-8-3-2-4-9-16)29(26,27)17-10-5-7-15(13-17)20(25)28-14-19(24)22-12-6-11-18(22)23/h2-5,7-10,13H,6,11-12,14H2,1H3. The van der Waals surface area contributed by atoms with Gasteiger partial charge in [0.1, 0.15) is 0 Å². The van der Waals surface area contributed by atoms with Crippen LogP contribution in [0.5, 0.6) is 0 Å². The van der Waals surface area contributed by atoms with Crippen LogP contribution in [0.15, 0.2) is 59.5 Å². The van der Waals surface area contributed by atoms with Gasteiger partial charge in [0.15, 0.2) is 6.61 Å². The average molecular weight is 416 g/mol. The van der Waals surface area contributed by atoms with Gasteiger partial charge in [-0.15, -0.1) is 0 Å². The lowest BCUT2D eigenvalue weighted by atomic mass is 10.2. The van der Waals surface area contributed by atoms with Gasteiger partial charge in [-0.1, -0.05) is 24.3 Å². The van der Waals surface area contributed by atoms with Gasteiger partial charge in [0.05, 0.1) is 16.1 Å². The van der Waals surface area contributed by atoms with E-state index in [1.807, 2.05) is 0 Å². The van der Waals surface area contributed by atoms with Crippen LogP contribution >= 0.6 is 0 Å². The number of nitrogens with zero attached hydrogens (tertiary/aromatic N) is 2. The Hall–Kier alpha value is -3.20. The van der Waals surface area contributed by atoms with Crippen LogP contribution in [0, 0.1) is 0 Å². The van der Waals surface area contributed by atoms with Crippen molar-refractivity contribution in [1.82, 2.24) is 4.90 Å². The van der Waals surface area contributed by atoms with Gasteiger partial charge in [0.2, 0.25) is 5.91 Å². The number of hydrogen-bond donors (Lipinski definition) is 0. The third-order valence-electron chi connectivity index (χ3n) is 4.55. The summed E-state index contributed by atoms with van der Waals surface area (Å²) in [6.07, 6.45) is 0.891. The van der Waals surface area contributed by atoms with Crippen molar-refractivity contribution in [2.45, 2.75) is 17.7 Å². The molecular formula is C20H20N2O6S. The molecule has 29 heavy (non-hydrogen) atoms. The Balaban J connectivity index is 1.72. The minimum atomic E-state index is -3.89. The predicted octanol–water partition coefficient (Wildman–Crippen LogP) is 1.82. The zero-order valence-corrected chi connectivity index (χ0v) is 16.6. The number of imide groups is 1. The van der Waals surface area contributed by atoms with Crippen molar-refractivity contribution in [3.8, 4) is 0 Å². The van der Waals surface area contributed by atoms with E-state index in [-0.39, 0.29) is 16.4 Å². The van der Waals surface area contributed by atoms with Crippen LogP contribution < -0.4 is 4.31 Å². The molecule has 3 rings (SSSR count). The van der Waals surface area contributed by atoms with Crippen LogP contribution in [-0.2, 0) is 24.3 Å². The number of anilines is 1. The second kappa shape index (κ2) is 8.44. The van der Waals surface area contributed by atoms with E-state index in [1.54, 1.807) is 30.3 Å². The molecule has 1 heterocycles. The fourth-order valence-electron chi connectivity index (χ4n) is 2.92. The number of amides is 2. The molecule has 0 atom stereocenters. The van der Waals surface area contributed by atoms with Crippen molar-refractivity contribution < 1.29 is 27.5 Å². The van der Waals surface area contributed by atoms with Crippen molar-refractivity contribution in [2.24, 2.45) is 0 Å². The van der Waals surface area contributed by atoms with Crippen LogP contribution in [0.1, 0.15) is 23.2 Å². The monoisotopic (exact) mass is 416 g/mol. The highest BCUT2D eigenvalue weighted by molar-refractivity contribution is 7.92. The zero-order valence-electron chi connectivity index (χ0n) is 15.8. The summed E-state index contributed by atoms with van der Waals surface area (Å²) in [5.41, 5.74) is 0.467. The summed E-state index contributed by atoms with van der Waals surface area (Å²) in [5, 5.41) is 0. The molecule has 1 aliphatic heterocycles. The first-order chi connectivity index (χ1) is 13.8. The SMILES string of the molecule is CN(c1ccccc1)S(=O)(=O)c1cccc(C(=O)OCC(=O)N2CCCC2=O)c1. The number of hydrogen-bond acceptors (Lipinski definition) is 6. The molecule has 1 aliphatic rings. The largest absolute Gasteiger partial charge is 0.452 e. The first kappa shape index (κ1) is 20.5. The number of rotatable bonds is 6. The molecule has 0 unspecified atom stereocenters. The van der Waals surface area contributed by atoms with Crippen LogP contribution in [0.4, 0.5) is 5.69 Å². The molecule has 0 spiro atoms. The molecule has 2 aromatic rings. The molecule has 0 N–H and O–H groups in total. The van der Waals surface area contributed by atoms with Crippen LogP contribution in [0.2, 0.25) is 0 Å². The number of ether oxygens (including phenoxy) is 1. The molecule has 2 amide bonds. The van der Waals surface area contributed by atoms with Gasteiger partial charge in [-0.05, 0) is 36.8 Å². The average Bonchev–Trinajstić information content (AvgIpc) is 3.17. The summed E-state index contributed by atoms with van der Waals surface area (Å²) in [5.74, 6) is -1.72. The third kappa shape index (κ3) is 4.45. The van der Waals surface area contributed by atoms with Gasteiger partial charge in [0, 0.05) is 20.0 Å². The number of carbonyl (C=O) groups is 3. The second-order valence-electron chi connectivity index (χ2n) is 6.45. The Kier molecular flexibility index (Phi) is 5.97. The van der Waals surface area contributed by atoms with Gasteiger partial charge in [-0.2, -0.15) is 0 Å². The maximum Gasteiger partial charge on any atom is 0.338 e. The van der Waals surface area contributed by atoms with E-state index in [9.17, 15) is 22.8 Å². The Morgan fingerprint density at radius 2 is 1.83 bits per heavy atom. The summed E-state index contributed by atoms with van der Waals surface area (Å²) in [6, 6.07) is 13.9. The number of carbonyl (C=O) groups excluding carboxylic acids is 3. The van der Waals surface area contributed by atoms with E-state index in [0.717, 1.165) is 9.21 Å². The van der Waals surface area contributed by atoms with E-state index < -0.39 is 28.5 Å². The molecule has 0 aliphatic carbocycles. The molecule has 1 saturated heterocycles. The van der Waals surface area contributed by atoms with Crippen molar-refractivity contribution in [3.05, 3.63) is 60.2 Å². The van der Waals surface area contributed by atoms with Crippen LogP contribution in [0.25, 0.3) is 0 Å². The van der Waals surface area contributed by atoms with Gasteiger partial charge >= 0.3 is 5.97 Å². The molecule has 152 valence electrons. The maximum atomic E-state index is 12.9. The summed E-state index contributed by atoms with van der Waals surface area (Å²) in [6.45, 7) is -0.264. The summed E-state index contributed by atoms with van der Waals surface area (Å²) in [7, 11) is -2.48. The topological polar surface area (TPSA) is 101 Å². The molecule has 0 aromatic heterocycles. The predicted molar refractivity (Wildman–Crippen MR) is 105 cm³/mol. The van der Waals surface area contributed by atoms with Gasteiger partial charge in [-0.3, -0.25) is 18.8 Å². The molecule has 2 aromatic carbocycles. The van der Waals surface area contributed by atoms with Crippen molar-refractivity contribution in [3.63, 3.8) is 0 Å². The minimum Gasteiger partial charge on any atom is -0.452 e. The lowest BCUT2D eigenvalue weighted by Crippen LogP contribution is -2.35. The summed E-state index contributed by atoms with van der Waals surface area (Å²) in [4.78, 5) is 36.8. The molecule has 0 bridgehead atoms. The molecule has 9 heteroatoms. The van der Waals surface area contributed by atoms with E-state index in [4.69, 9.17) is 4.74 Å². The Morgan fingerprint density at radius 1 is 1.10 bits per heavy atom. The smallest absolute Gasteiger partial charge is 0.338 e. The van der Waals surface area contributed by atoms with Crippen LogP contribution in [0.3, 0.4) is 0 Å². The van der Waals surface area contributed by atoms with Gasteiger partial charge in [-0.25, -0.2) is 13.2 Å². The zero-order chi connectivity index (χ0) is 21.0. The van der Waals surface area contributed by atoms with E-state index in [1.165, 1.54) is 31.3 Å². The molecular weight excluding hydrogens is 396 g/mol. The van der Waals surface area contributed by atoms with E-state index >= 15 is 0 Å². The minimum absolute atomic E-state index is 0.00640. The second-order valence-corrected chi connectivity index (χ2v) is 8.42. The van der Waals surface area contributed by atoms with E-state index in [0.29, 0.717) is 25.1 Å². The number of sulfonamides is 1. The molecule has 8 nitrogen and oxygen atoms in total. The first-order valence-corrected chi connectivity index (χ1v) is 10.4. The molecule has 0 saturated carbocycles. The number of benzene rings is 2. The van der Waals surface area contributed by atoms with Gasteiger partial charge in [0.25, 0.3) is 15.9 Å². The normalized spacial score (nSPS) is 14.0. The lowest BCUT2D eigenvalue weighted by molar-refractivity contribution is -0.143. The molecule has 1 fully saturated rings.